The summed E-state index contributed by atoms with van der Waals surface area (Å²) >= 11 is 1.31. The number of likely N-dealkylation sites (tertiary alicyclic amines) is 1. The van der Waals surface area contributed by atoms with E-state index in [1.165, 1.54) is 56.2 Å². The maximum Gasteiger partial charge on any atom is 0.261 e. The molecule has 1 aliphatic carbocycles. The smallest absolute Gasteiger partial charge is 0.261 e. The summed E-state index contributed by atoms with van der Waals surface area (Å²) < 4.78 is 0. The first-order chi connectivity index (χ1) is 13.1. The lowest BCUT2D eigenvalue weighted by Gasteiger charge is -2.38. The number of H-pyrrole nitrogens is 1. The van der Waals surface area contributed by atoms with E-state index in [1.54, 1.807) is 0 Å². The Kier molecular flexibility index (Phi) is 5.59. The molecule has 0 aromatic carbocycles. The lowest BCUT2D eigenvalue weighted by molar-refractivity contribution is 0.0864. The molecule has 2 fully saturated rings. The highest BCUT2D eigenvalue weighted by Gasteiger charge is 2.28. The van der Waals surface area contributed by atoms with E-state index in [-0.39, 0.29) is 17.5 Å². The van der Waals surface area contributed by atoms with E-state index in [2.05, 4.69) is 20.2 Å². The third kappa shape index (κ3) is 3.94. The molecule has 146 valence electrons. The van der Waals surface area contributed by atoms with Crippen molar-refractivity contribution in [3.63, 3.8) is 0 Å². The summed E-state index contributed by atoms with van der Waals surface area (Å²) in [4.78, 5) is 35.6. The van der Waals surface area contributed by atoms with Crippen LogP contribution >= 0.6 is 11.3 Å². The first kappa shape index (κ1) is 18.6. The molecule has 2 aromatic heterocycles. The largest absolute Gasteiger partial charge is 0.347 e. The molecule has 3 heterocycles. The molecule has 6 nitrogen and oxygen atoms in total. The van der Waals surface area contributed by atoms with Crippen LogP contribution in [-0.4, -0.2) is 45.9 Å². The Hall–Kier alpha value is -1.73. The lowest BCUT2D eigenvalue weighted by atomic mass is 10.00. The number of nitrogens with zero attached hydrogens (tertiary/aromatic N) is 2. The van der Waals surface area contributed by atoms with Crippen molar-refractivity contribution >= 4 is 27.5 Å². The summed E-state index contributed by atoms with van der Waals surface area (Å²) in [6, 6.07) is 0.867. The number of nitrogens with one attached hydrogen (secondary N) is 2. The molecular weight excluding hydrogens is 360 g/mol. The molecule has 0 bridgehead atoms. The average molecular weight is 389 g/mol. The number of thiophene rings is 1. The fourth-order valence-corrected chi connectivity index (χ4v) is 5.68. The normalized spacial score (nSPS) is 22.6. The summed E-state index contributed by atoms with van der Waals surface area (Å²) in [6.07, 6.45) is 11.5. The number of rotatable bonds is 3. The Bertz CT molecular complexity index is 866. The number of fused-ring (bicyclic) bond motifs is 1. The number of carbonyl (C=O) groups is 1. The van der Waals surface area contributed by atoms with Crippen LogP contribution in [0.25, 0.3) is 10.2 Å². The van der Waals surface area contributed by atoms with Crippen LogP contribution in [0.2, 0.25) is 0 Å². The average Bonchev–Trinajstić information content (AvgIpc) is 2.84. The van der Waals surface area contributed by atoms with Crippen LogP contribution in [0.1, 0.15) is 66.6 Å². The topological polar surface area (TPSA) is 78.1 Å². The number of aromatic amines is 1. The summed E-state index contributed by atoms with van der Waals surface area (Å²) in [5, 5.41) is 3.77. The molecule has 0 radical (unpaired) electrons. The number of carbonyl (C=O) groups excluding carboxylic acids is 1. The van der Waals surface area contributed by atoms with Crippen LogP contribution in [0, 0.1) is 6.92 Å². The van der Waals surface area contributed by atoms with Crippen LogP contribution in [0.4, 0.5) is 0 Å². The molecule has 27 heavy (non-hydrogen) atoms. The van der Waals surface area contributed by atoms with Crippen LogP contribution in [0.15, 0.2) is 11.1 Å². The molecule has 2 aliphatic rings. The van der Waals surface area contributed by atoms with E-state index < -0.39 is 0 Å². The second-order valence-corrected chi connectivity index (χ2v) is 8.92. The van der Waals surface area contributed by atoms with Crippen LogP contribution in [0.5, 0.6) is 0 Å². The molecule has 1 aliphatic heterocycles. The highest BCUT2D eigenvalue weighted by atomic mass is 32.1. The fourth-order valence-electron chi connectivity index (χ4n) is 4.62. The van der Waals surface area contributed by atoms with Crippen molar-refractivity contribution in [2.75, 3.05) is 13.1 Å². The molecular formula is C20H28N4O2S. The maximum atomic E-state index is 12.9. The summed E-state index contributed by atoms with van der Waals surface area (Å²) in [5.74, 6) is -0.0670. The zero-order valence-corrected chi connectivity index (χ0v) is 16.7. The van der Waals surface area contributed by atoms with Crippen LogP contribution in [-0.2, 0) is 0 Å². The van der Waals surface area contributed by atoms with E-state index in [0.717, 1.165) is 31.5 Å². The van der Waals surface area contributed by atoms with Gasteiger partial charge in [0.1, 0.15) is 4.83 Å². The molecule has 1 amide bonds. The van der Waals surface area contributed by atoms with Gasteiger partial charge in [-0.1, -0.05) is 25.7 Å². The second-order valence-electron chi connectivity index (χ2n) is 7.92. The van der Waals surface area contributed by atoms with E-state index in [1.807, 2.05) is 6.92 Å². The minimum atomic E-state index is -0.176. The number of aryl methyl sites for hydroxylation is 1. The van der Waals surface area contributed by atoms with Crippen molar-refractivity contribution in [2.24, 2.45) is 0 Å². The highest BCUT2D eigenvalue weighted by Crippen LogP contribution is 2.28. The van der Waals surface area contributed by atoms with E-state index in [4.69, 9.17) is 0 Å². The lowest BCUT2D eigenvalue weighted by Crippen LogP contribution is -2.50. The van der Waals surface area contributed by atoms with Gasteiger partial charge in [-0.2, -0.15) is 0 Å². The van der Waals surface area contributed by atoms with Crippen molar-refractivity contribution in [2.45, 2.75) is 70.4 Å². The fraction of sp³-hybridized carbons (Fsp3) is 0.650. The van der Waals surface area contributed by atoms with Crippen molar-refractivity contribution < 1.29 is 4.79 Å². The Morgan fingerprint density at radius 2 is 2.00 bits per heavy atom. The van der Waals surface area contributed by atoms with Crippen LogP contribution < -0.4 is 10.9 Å². The monoisotopic (exact) mass is 388 g/mol. The zero-order valence-electron chi connectivity index (χ0n) is 15.9. The molecule has 2 aromatic rings. The number of piperidine rings is 1. The molecule has 2 N–H and O–H groups in total. The van der Waals surface area contributed by atoms with Gasteiger partial charge in [0.25, 0.3) is 11.5 Å². The Morgan fingerprint density at radius 3 is 2.74 bits per heavy atom. The third-order valence-electron chi connectivity index (χ3n) is 6.07. The summed E-state index contributed by atoms with van der Waals surface area (Å²) in [7, 11) is 0. The molecule has 1 saturated carbocycles. The van der Waals surface area contributed by atoms with E-state index in [9.17, 15) is 9.59 Å². The number of aromatic nitrogens is 2. The molecule has 0 unspecified atom stereocenters. The van der Waals surface area contributed by atoms with Gasteiger partial charge in [-0.05, 0) is 44.7 Å². The predicted octanol–water partition coefficient (Wildman–Crippen LogP) is 3.21. The standard InChI is InChI=1S/C20H28N4O2S/c1-13-16-18(25)21-12-22-20(16)27-17(13)19(26)23-14-7-6-10-24(11-14)15-8-4-2-3-5-9-15/h12,14-15H,2-11H2,1H3,(H,23,26)(H,21,22,25)/t14-/m0/s1. The minimum Gasteiger partial charge on any atom is -0.347 e. The van der Waals surface area contributed by atoms with E-state index in [0.29, 0.717) is 21.1 Å². The van der Waals surface area contributed by atoms with Gasteiger partial charge in [0.2, 0.25) is 0 Å². The predicted molar refractivity (Wildman–Crippen MR) is 109 cm³/mol. The minimum absolute atomic E-state index is 0.0670. The summed E-state index contributed by atoms with van der Waals surface area (Å²) in [6.45, 7) is 3.93. The van der Waals surface area contributed by atoms with Crippen LogP contribution in [0.3, 0.4) is 0 Å². The van der Waals surface area contributed by atoms with E-state index >= 15 is 0 Å². The maximum absolute atomic E-state index is 12.9. The van der Waals surface area contributed by atoms with Gasteiger partial charge in [0.05, 0.1) is 16.6 Å². The molecule has 7 heteroatoms. The second kappa shape index (κ2) is 8.10. The third-order valence-corrected chi connectivity index (χ3v) is 7.27. The Morgan fingerprint density at radius 1 is 1.22 bits per heavy atom. The first-order valence-corrected chi connectivity index (χ1v) is 11.0. The molecule has 4 rings (SSSR count). The first-order valence-electron chi connectivity index (χ1n) is 10.1. The Balaban J connectivity index is 1.45. The zero-order chi connectivity index (χ0) is 18.8. The SMILES string of the molecule is Cc1c(C(=O)N[C@H]2CCCN(C3CCCCCC3)C2)sc2nc[nH]c(=O)c12. The van der Waals surface area contributed by atoms with Crippen molar-refractivity contribution in [1.29, 1.82) is 0 Å². The van der Waals surface area contributed by atoms with Gasteiger partial charge in [-0.3, -0.25) is 14.5 Å². The van der Waals surface area contributed by atoms with Gasteiger partial charge in [-0.25, -0.2) is 4.98 Å². The Labute approximate surface area is 163 Å². The van der Waals surface area contributed by atoms with Gasteiger partial charge in [0.15, 0.2) is 0 Å². The van der Waals surface area contributed by atoms with Gasteiger partial charge in [0, 0.05) is 18.6 Å². The van der Waals surface area contributed by atoms with Crippen molar-refractivity contribution in [3.05, 3.63) is 27.1 Å². The number of hydrogen-bond acceptors (Lipinski definition) is 5. The molecule has 1 saturated heterocycles. The van der Waals surface area contributed by atoms with Gasteiger partial charge < -0.3 is 10.3 Å². The molecule has 0 spiro atoms. The van der Waals surface area contributed by atoms with Gasteiger partial charge >= 0.3 is 0 Å². The number of amides is 1. The quantitative estimate of drug-likeness (QED) is 0.792. The summed E-state index contributed by atoms with van der Waals surface area (Å²) in [5.41, 5.74) is 0.559. The van der Waals surface area contributed by atoms with Crippen molar-refractivity contribution in [1.82, 2.24) is 20.2 Å². The number of hydrogen-bond donors (Lipinski definition) is 2. The van der Waals surface area contributed by atoms with Gasteiger partial charge in [-0.15, -0.1) is 11.3 Å². The highest BCUT2D eigenvalue weighted by molar-refractivity contribution is 7.20. The van der Waals surface area contributed by atoms with Crippen molar-refractivity contribution in [3.8, 4) is 0 Å². The molecule has 1 atom stereocenters.